The Balaban J connectivity index is 2.04. The molecule has 0 aliphatic carbocycles. The van der Waals surface area contributed by atoms with Crippen LogP contribution in [0.4, 0.5) is 0 Å². The van der Waals surface area contributed by atoms with Gasteiger partial charge in [-0.15, -0.1) is 0 Å². The molecule has 0 bridgehead atoms. The van der Waals surface area contributed by atoms with Crippen molar-refractivity contribution in [3.63, 3.8) is 0 Å². The average Bonchev–Trinajstić information content (AvgIpc) is 2.56. The fraction of sp³-hybridized carbons (Fsp3) is 0.200. The van der Waals surface area contributed by atoms with Gasteiger partial charge in [-0.1, -0.05) is 28.1 Å². The number of ether oxygens (including phenoxy) is 1. The molecule has 1 aromatic rings. The molecule has 14 heavy (non-hydrogen) atoms. The van der Waals surface area contributed by atoms with E-state index in [0.717, 1.165) is 10.0 Å². The van der Waals surface area contributed by atoms with E-state index in [9.17, 15) is 4.79 Å². The van der Waals surface area contributed by atoms with Crippen molar-refractivity contribution in [2.45, 2.75) is 12.5 Å². The summed E-state index contributed by atoms with van der Waals surface area (Å²) in [5, 5.41) is 0. The van der Waals surface area contributed by atoms with Gasteiger partial charge in [0.25, 0.3) is 5.91 Å². The highest BCUT2D eigenvalue weighted by Crippen LogP contribution is 2.14. The number of hydrogen-bond acceptors (Lipinski definition) is 2. The Morgan fingerprint density at radius 1 is 1.36 bits per heavy atom. The maximum atomic E-state index is 11.1. The maximum Gasteiger partial charge on any atom is 0.289 e. The van der Waals surface area contributed by atoms with Crippen molar-refractivity contribution < 1.29 is 9.53 Å². The first kappa shape index (κ1) is 9.40. The lowest BCUT2D eigenvalue weighted by molar-refractivity contribution is -0.122. The average molecular weight is 254 g/mol. The molecule has 1 aliphatic heterocycles. The number of carbonyl (C=O) groups excluding carboxylic acids is 1. The first-order valence-corrected chi connectivity index (χ1v) is 5.01. The Hall–Kier alpha value is -1.16. The molecule has 0 aromatic heterocycles. The van der Waals surface area contributed by atoms with Crippen molar-refractivity contribution in [1.29, 1.82) is 0 Å². The third-order valence-electron chi connectivity index (χ3n) is 2.01. The van der Waals surface area contributed by atoms with Crippen molar-refractivity contribution in [2.24, 2.45) is 4.99 Å². The number of benzene rings is 1. The number of amides is 1. The fourth-order valence-electron chi connectivity index (χ4n) is 1.27. The molecule has 1 aromatic carbocycles. The number of nitrogens with zero attached hydrogens (tertiary/aromatic N) is 1. The lowest BCUT2D eigenvalue weighted by atomic mass is 10.1. The van der Waals surface area contributed by atoms with Gasteiger partial charge in [-0.2, -0.15) is 4.99 Å². The zero-order chi connectivity index (χ0) is 9.97. The summed E-state index contributed by atoms with van der Waals surface area (Å²) in [6, 6.07) is 7.79. The number of rotatable bonds is 2. The lowest BCUT2D eigenvalue weighted by Gasteiger charge is -2.06. The molecule has 3 nitrogen and oxygen atoms in total. The van der Waals surface area contributed by atoms with Gasteiger partial charge in [0.05, 0.1) is 0 Å². The number of carbonyl (C=O) groups is 1. The van der Waals surface area contributed by atoms with Crippen LogP contribution in [0.1, 0.15) is 5.56 Å². The van der Waals surface area contributed by atoms with Gasteiger partial charge in [-0.25, -0.2) is 0 Å². The molecule has 1 unspecified atom stereocenters. The van der Waals surface area contributed by atoms with Gasteiger partial charge in [0, 0.05) is 10.9 Å². The van der Waals surface area contributed by atoms with E-state index in [2.05, 4.69) is 20.9 Å². The normalized spacial score (nSPS) is 19.8. The molecule has 1 atom stereocenters. The van der Waals surface area contributed by atoms with E-state index in [1.54, 1.807) is 0 Å². The minimum absolute atomic E-state index is 0.201. The molecule has 0 spiro atoms. The summed E-state index contributed by atoms with van der Waals surface area (Å²) < 4.78 is 6.07. The van der Waals surface area contributed by atoms with Gasteiger partial charge < -0.3 is 4.74 Å². The van der Waals surface area contributed by atoms with Gasteiger partial charge in [-0.05, 0) is 17.7 Å². The van der Waals surface area contributed by atoms with Gasteiger partial charge in [-0.3, -0.25) is 4.79 Å². The minimum Gasteiger partial charge on any atom is -0.470 e. The summed E-state index contributed by atoms with van der Waals surface area (Å²) in [5.41, 5.74) is 1.07. The van der Waals surface area contributed by atoms with Crippen molar-refractivity contribution >= 4 is 28.2 Å². The van der Waals surface area contributed by atoms with Crippen LogP contribution in [0.25, 0.3) is 0 Å². The second kappa shape index (κ2) is 3.92. The van der Waals surface area contributed by atoms with E-state index in [1.165, 1.54) is 6.40 Å². The zero-order valence-corrected chi connectivity index (χ0v) is 8.90. The summed E-state index contributed by atoms with van der Waals surface area (Å²) in [5.74, 6) is -0.201. The lowest BCUT2D eigenvalue weighted by Crippen LogP contribution is -2.19. The van der Waals surface area contributed by atoms with Crippen LogP contribution in [0.2, 0.25) is 0 Å². The zero-order valence-electron chi connectivity index (χ0n) is 7.31. The van der Waals surface area contributed by atoms with Crippen LogP contribution >= 0.6 is 15.9 Å². The molecule has 1 amide bonds. The van der Waals surface area contributed by atoms with E-state index < -0.39 is 6.10 Å². The van der Waals surface area contributed by atoms with Crippen LogP contribution in [-0.2, 0) is 16.0 Å². The molecule has 72 valence electrons. The Labute approximate surface area is 89.9 Å². The molecule has 1 heterocycles. The summed E-state index contributed by atoms with van der Waals surface area (Å²) in [7, 11) is 0. The van der Waals surface area contributed by atoms with E-state index >= 15 is 0 Å². The fourth-order valence-corrected chi connectivity index (χ4v) is 1.53. The SMILES string of the molecule is O=C1N=COC1Cc1ccc(Br)cc1. The van der Waals surface area contributed by atoms with Crippen molar-refractivity contribution in [3.8, 4) is 0 Å². The first-order valence-electron chi connectivity index (χ1n) is 4.22. The van der Waals surface area contributed by atoms with Gasteiger partial charge in [0.15, 0.2) is 12.5 Å². The van der Waals surface area contributed by atoms with Crippen LogP contribution in [-0.4, -0.2) is 18.4 Å². The Kier molecular flexibility index (Phi) is 2.63. The van der Waals surface area contributed by atoms with E-state index in [1.807, 2.05) is 24.3 Å². The predicted molar refractivity (Wildman–Crippen MR) is 56.2 cm³/mol. The summed E-state index contributed by atoms with van der Waals surface area (Å²) in [6.07, 6.45) is 1.36. The van der Waals surface area contributed by atoms with E-state index in [-0.39, 0.29) is 5.91 Å². The molecule has 0 radical (unpaired) electrons. The maximum absolute atomic E-state index is 11.1. The minimum atomic E-state index is -0.434. The van der Waals surface area contributed by atoms with Crippen LogP contribution in [0, 0.1) is 0 Å². The molecule has 1 aliphatic rings. The summed E-state index contributed by atoms with van der Waals surface area (Å²) >= 11 is 3.35. The van der Waals surface area contributed by atoms with Crippen LogP contribution in [0.5, 0.6) is 0 Å². The highest BCUT2D eigenvalue weighted by Gasteiger charge is 2.22. The van der Waals surface area contributed by atoms with Crippen LogP contribution in [0.3, 0.4) is 0 Å². The van der Waals surface area contributed by atoms with Crippen molar-refractivity contribution in [3.05, 3.63) is 34.3 Å². The van der Waals surface area contributed by atoms with Gasteiger partial charge >= 0.3 is 0 Å². The smallest absolute Gasteiger partial charge is 0.289 e. The topological polar surface area (TPSA) is 38.7 Å². The molecular formula is C10H8BrNO2. The number of halogens is 1. The second-order valence-electron chi connectivity index (χ2n) is 3.03. The molecule has 0 N–H and O–H groups in total. The van der Waals surface area contributed by atoms with Gasteiger partial charge in [0.1, 0.15) is 0 Å². The van der Waals surface area contributed by atoms with E-state index in [0.29, 0.717) is 6.42 Å². The molecule has 0 fully saturated rings. The predicted octanol–water partition coefficient (Wildman–Crippen LogP) is 1.95. The van der Waals surface area contributed by atoms with Crippen LogP contribution < -0.4 is 0 Å². The monoisotopic (exact) mass is 253 g/mol. The second-order valence-corrected chi connectivity index (χ2v) is 3.94. The quantitative estimate of drug-likeness (QED) is 0.809. The summed E-state index contributed by atoms with van der Waals surface area (Å²) in [6.45, 7) is 0. The van der Waals surface area contributed by atoms with Gasteiger partial charge in [0.2, 0.25) is 0 Å². The van der Waals surface area contributed by atoms with Crippen molar-refractivity contribution in [2.75, 3.05) is 0 Å². The number of hydrogen-bond donors (Lipinski definition) is 0. The highest BCUT2D eigenvalue weighted by molar-refractivity contribution is 9.10. The molecule has 0 saturated heterocycles. The molecule has 4 heteroatoms. The third kappa shape index (κ3) is 2.01. The van der Waals surface area contributed by atoms with Crippen LogP contribution in [0.15, 0.2) is 33.7 Å². The van der Waals surface area contributed by atoms with E-state index in [4.69, 9.17) is 4.74 Å². The highest BCUT2D eigenvalue weighted by atomic mass is 79.9. The summed E-state index contributed by atoms with van der Waals surface area (Å²) in [4.78, 5) is 14.6. The Morgan fingerprint density at radius 2 is 2.07 bits per heavy atom. The third-order valence-corrected chi connectivity index (χ3v) is 2.54. The Morgan fingerprint density at radius 3 is 2.64 bits per heavy atom. The molecule has 2 rings (SSSR count). The molecule has 0 saturated carbocycles. The number of aliphatic imine (C=N–C) groups is 1. The van der Waals surface area contributed by atoms with Crippen molar-refractivity contribution in [1.82, 2.24) is 0 Å². The molecular weight excluding hydrogens is 246 g/mol. The Bertz CT molecular complexity index is 372. The largest absolute Gasteiger partial charge is 0.470 e. The standard InChI is InChI=1S/C10H8BrNO2/c11-8-3-1-7(2-4-8)5-9-10(13)12-6-14-9/h1-4,6,9H,5H2. The first-order chi connectivity index (χ1) is 6.75.